The summed E-state index contributed by atoms with van der Waals surface area (Å²) < 4.78 is 52.1. The number of hydrogen-bond donors (Lipinski definition) is 3. The lowest BCUT2D eigenvalue weighted by atomic mass is 10.2. The van der Waals surface area contributed by atoms with Crippen molar-refractivity contribution >= 4 is 35.1 Å². The summed E-state index contributed by atoms with van der Waals surface area (Å²) in [6, 6.07) is 8.02. The lowest BCUT2D eigenvalue weighted by molar-refractivity contribution is -0.137. The highest BCUT2D eigenvalue weighted by molar-refractivity contribution is 5.80. The van der Waals surface area contributed by atoms with E-state index in [0.717, 1.165) is 18.3 Å². The molecule has 0 amide bonds. The first-order valence-electron chi connectivity index (χ1n) is 9.16. The predicted octanol–water partition coefficient (Wildman–Crippen LogP) is 4.22. The van der Waals surface area contributed by atoms with Crippen molar-refractivity contribution in [3.63, 3.8) is 0 Å². The largest absolute Gasteiger partial charge is 0.416 e. The SMILES string of the molecule is CC(=O)CNc1nc(N/N=C/c2ccc(Nc3cccc(C(F)(F)F)c3)cn2)ncc1F. The fraction of sp³-hybridized carbons (Fsp3) is 0.150. The van der Waals surface area contributed by atoms with Crippen molar-refractivity contribution in [2.24, 2.45) is 5.10 Å². The van der Waals surface area contributed by atoms with Gasteiger partial charge in [0.05, 0.1) is 42.1 Å². The zero-order chi connectivity index (χ0) is 23.1. The first-order valence-corrected chi connectivity index (χ1v) is 9.16. The molecule has 0 spiro atoms. The summed E-state index contributed by atoms with van der Waals surface area (Å²) in [5.41, 5.74) is 2.95. The van der Waals surface area contributed by atoms with Crippen molar-refractivity contribution < 1.29 is 22.4 Å². The Bertz CT molecular complexity index is 1120. The molecule has 0 aliphatic rings. The molecule has 0 saturated carbocycles. The van der Waals surface area contributed by atoms with Crippen LogP contribution in [-0.4, -0.2) is 33.5 Å². The molecule has 3 N–H and O–H groups in total. The van der Waals surface area contributed by atoms with E-state index in [1.807, 2.05) is 0 Å². The number of hydrazone groups is 1. The molecule has 12 heteroatoms. The number of aromatic nitrogens is 3. The van der Waals surface area contributed by atoms with Gasteiger partial charge in [0.25, 0.3) is 0 Å². The quantitative estimate of drug-likeness (QED) is 0.270. The molecule has 0 atom stereocenters. The Hall–Kier alpha value is -4.09. The molecular formula is C20H17F4N7O. The summed E-state index contributed by atoms with van der Waals surface area (Å²) >= 11 is 0. The zero-order valence-corrected chi connectivity index (χ0v) is 16.6. The molecule has 0 unspecified atom stereocenters. The maximum absolute atomic E-state index is 13.6. The van der Waals surface area contributed by atoms with E-state index < -0.39 is 17.6 Å². The number of hydrogen-bond acceptors (Lipinski definition) is 8. The topological polar surface area (TPSA) is 104 Å². The van der Waals surface area contributed by atoms with Crippen LogP contribution in [0.5, 0.6) is 0 Å². The molecule has 0 saturated heterocycles. The van der Waals surface area contributed by atoms with Crippen LogP contribution in [0.15, 0.2) is 53.9 Å². The monoisotopic (exact) mass is 447 g/mol. The summed E-state index contributed by atoms with van der Waals surface area (Å²) in [5, 5.41) is 9.30. The van der Waals surface area contributed by atoms with E-state index in [2.05, 4.69) is 36.1 Å². The Morgan fingerprint density at radius 3 is 2.62 bits per heavy atom. The Balaban J connectivity index is 1.60. The van der Waals surface area contributed by atoms with Gasteiger partial charge in [-0.3, -0.25) is 9.78 Å². The molecule has 3 aromatic rings. The second-order valence-electron chi connectivity index (χ2n) is 6.49. The van der Waals surface area contributed by atoms with Gasteiger partial charge in [0, 0.05) is 5.69 Å². The van der Waals surface area contributed by atoms with Gasteiger partial charge >= 0.3 is 6.18 Å². The normalized spacial score (nSPS) is 11.4. The van der Waals surface area contributed by atoms with E-state index in [4.69, 9.17) is 0 Å². The number of pyridine rings is 1. The van der Waals surface area contributed by atoms with Crippen LogP contribution in [0.25, 0.3) is 0 Å². The minimum atomic E-state index is -4.43. The number of rotatable bonds is 8. The van der Waals surface area contributed by atoms with E-state index >= 15 is 0 Å². The van der Waals surface area contributed by atoms with Crippen LogP contribution in [0.1, 0.15) is 18.2 Å². The van der Waals surface area contributed by atoms with Gasteiger partial charge in [-0.2, -0.15) is 23.3 Å². The summed E-state index contributed by atoms with van der Waals surface area (Å²) in [6.07, 6.45) is -0.717. The zero-order valence-electron chi connectivity index (χ0n) is 16.6. The standard InChI is InChI=1S/C20H17F4N7O/c1-12(32)8-26-18-17(21)11-27-19(30-18)31-28-10-15-5-6-16(9-25-15)29-14-4-2-3-13(7-14)20(22,23)24/h2-7,9-11,29H,8H2,1H3,(H2,26,27,30,31)/b28-10+. The lowest BCUT2D eigenvalue weighted by Crippen LogP contribution is -2.13. The molecule has 3 rings (SSSR count). The van der Waals surface area contributed by atoms with Gasteiger partial charge in [0.15, 0.2) is 11.6 Å². The number of halogens is 4. The highest BCUT2D eigenvalue weighted by Crippen LogP contribution is 2.31. The van der Waals surface area contributed by atoms with Crippen molar-refractivity contribution in [3.8, 4) is 0 Å². The van der Waals surface area contributed by atoms with Crippen LogP contribution in [0.2, 0.25) is 0 Å². The number of ketones is 1. The third-order valence-corrected chi connectivity index (χ3v) is 3.88. The minimum absolute atomic E-state index is 0.00321. The minimum Gasteiger partial charge on any atom is -0.360 e. The van der Waals surface area contributed by atoms with Gasteiger partial charge in [0.1, 0.15) is 5.78 Å². The fourth-order valence-electron chi connectivity index (χ4n) is 2.40. The van der Waals surface area contributed by atoms with Crippen molar-refractivity contribution in [2.45, 2.75) is 13.1 Å². The Morgan fingerprint density at radius 2 is 1.94 bits per heavy atom. The maximum atomic E-state index is 13.6. The molecule has 0 aliphatic heterocycles. The first-order chi connectivity index (χ1) is 15.2. The van der Waals surface area contributed by atoms with E-state index in [1.165, 1.54) is 31.5 Å². The number of Topliss-reactive ketones (excluding diaryl/α,β-unsaturated/α-hetero) is 1. The molecule has 2 aromatic heterocycles. The molecule has 0 bridgehead atoms. The second kappa shape index (κ2) is 9.81. The van der Waals surface area contributed by atoms with Gasteiger partial charge in [-0.05, 0) is 37.3 Å². The van der Waals surface area contributed by atoms with Crippen molar-refractivity contribution in [2.75, 3.05) is 22.6 Å². The average Bonchev–Trinajstić information content (AvgIpc) is 2.75. The summed E-state index contributed by atoms with van der Waals surface area (Å²) in [4.78, 5) is 22.7. The number of alkyl halides is 3. The summed E-state index contributed by atoms with van der Waals surface area (Å²) in [6.45, 7) is 1.27. The Morgan fingerprint density at radius 1 is 1.12 bits per heavy atom. The molecule has 2 heterocycles. The molecule has 0 aliphatic carbocycles. The van der Waals surface area contributed by atoms with Crippen molar-refractivity contribution in [1.29, 1.82) is 0 Å². The second-order valence-corrected chi connectivity index (χ2v) is 6.49. The summed E-state index contributed by atoms with van der Waals surface area (Å²) in [5.74, 6) is -1.05. The van der Waals surface area contributed by atoms with Crippen LogP contribution >= 0.6 is 0 Å². The average molecular weight is 447 g/mol. The Labute approximate surface area is 179 Å². The molecule has 32 heavy (non-hydrogen) atoms. The molecule has 8 nitrogen and oxygen atoms in total. The fourth-order valence-corrected chi connectivity index (χ4v) is 2.40. The third-order valence-electron chi connectivity index (χ3n) is 3.88. The number of carbonyl (C=O) groups excluding carboxylic acids is 1. The van der Waals surface area contributed by atoms with Gasteiger partial charge in [-0.15, -0.1) is 0 Å². The highest BCUT2D eigenvalue weighted by atomic mass is 19.4. The first kappa shape index (κ1) is 22.6. The van der Waals surface area contributed by atoms with Gasteiger partial charge < -0.3 is 10.6 Å². The summed E-state index contributed by atoms with van der Waals surface area (Å²) in [7, 11) is 0. The lowest BCUT2D eigenvalue weighted by Gasteiger charge is -2.10. The van der Waals surface area contributed by atoms with Crippen molar-refractivity contribution in [3.05, 3.63) is 65.9 Å². The van der Waals surface area contributed by atoms with Crippen LogP contribution in [0.4, 0.5) is 40.7 Å². The highest BCUT2D eigenvalue weighted by Gasteiger charge is 2.30. The maximum Gasteiger partial charge on any atom is 0.416 e. The van der Waals surface area contributed by atoms with Crippen LogP contribution in [0, 0.1) is 5.82 Å². The van der Waals surface area contributed by atoms with Gasteiger partial charge in [-0.1, -0.05) is 6.07 Å². The van der Waals surface area contributed by atoms with E-state index in [9.17, 15) is 22.4 Å². The Kier molecular flexibility index (Phi) is 6.93. The molecule has 0 radical (unpaired) electrons. The number of carbonyl (C=O) groups is 1. The number of anilines is 4. The number of benzene rings is 1. The molecular weight excluding hydrogens is 430 g/mol. The van der Waals surface area contributed by atoms with E-state index in [-0.39, 0.29) is 29.8 Å². The van der Waals surface area contributed by atoms with Crippen LogP contribution in [-0.2, 0) is 11.0 Å². The van der Waals surface area contributed by atoms with E-state index in [1.54, 1.807) is 12.1 Å². The van der Waals surface area contributed by atoms with Gasteiger partial charge in [-0.25, -0.2) is 14.8 Å². The van der Waals surface area contributed by atoms with Crippen LogP contribution in [0.3, 0.4) is 0 Å². The van der Waals surface area contributed by atoms with Gasteiger partial charge in [0.2, 0.25) is 5.95 Å². The smallest absolute Gasteiger partial charge is 0.360 e. The third kappa shape index (κ3) is 6.45. The van der Waals surface area contributed by atoms with E-state index in [0.29, 0.717) is 11.4 Å². The van der Waals surface area contributed by atoms with Crippen molar-refractivity contribution in [1.82, 2.24) is 15.0 Å². The van der Waals surface area contributed by atoms with Crippen LogP contribution < -0.4 is 16.1 Å². The molecule has 166 valence electrons. The number of nitrogens with zero attached hydrogens (tertiary/aromatic N) is 4. The molecule has 1 aromatic carbocycles. The predicted molar refractivity (Wildman–Crippen MR) is 111 cm³/mol. The molecule has 0 fully saturated rings. The number of nitrogens with one attached hydrogen (secondary N) is 3.